The number of carbonyl (C=O) groups excluding carboxylic acids is 1. The van der Waals surface area contributed by atoms with Crippen LogP contribution in [0.1, 0.15) is 0 Å². The van der Waals surface area contributed by atoms with Crippen molar-refractivity contribution in [1.82, 2.24) is 9.97 Å². The molecule has 15 heavy (non-hydrogen) atoms. The average molecular weight is 200 g/mol. The number of pyridine rings is 2. The predicted octanol–water partition coefficient (Wildman–Crippen LogP) is 0.481. The summed E-state index contributed by atoms with van der Waals surface area (Å²) in [4.78, 5) is 19.7. The quantitative estimate of drug-likeness (QED) is 0.733. The van der Waals surface area contributed by atoms with Crippen LogP contribution in [-0.4, -0.2) is 16.4 Å². The molecule has 1 N–H and O–H groups in total. The zero-order chi connectivity index (χ0) is 10.5. The maximum Gasteiger partial charge on any atom is 0.312 e. The molecule has 2 aromatic rings. The Kier molecular flexibility index (Phi) is 2.80. The number of nitrogens with one attached hydrogen (secondary N) is 1. The molecule has 0 aliphatic heterocycles. The molecule has 2 heterocycles. The largest absolute Gasteiger partial charge is 0.312 e. The summed E-state index contributed by atoms with van der Waals surface area (Å²) in [6.45, 7) is 0. The zero-order valence-electron chi connectivity index (χ0n) is 8.00. The third-order valence-electron chi connectivity index (χ3n) is 2.00. The Morgan fingerprint density at radius 1 is 0.933 bits per heavy atom. The van der Waals surface area contributed by atoms with E-state index in [4.69, 9.17) is 0 Å². The lowest BCUT2D eigenvalue weighted by atomic mass is 10.4. The van der Waals surface area contributed by atoms with Crippen LogP contribution in [0.15, 0.2) is 48.8 Å². The molecule has 1 amide bonds. The van der Waals surface area contributed by atoms with Crippen molar-refractivity contribution in [2.24, 2.45) is 0 Å². The number of aromatic nitrogens is 2. The Labute approximate surface area is 87.2 Å². The molecule has 0 radical (unpaired) electrons. The molecule has 0 saturated carbocycles. The van der Waals surface area contributed by atoms with Crippen LogP contribution in [-0.2, 0) is 4.79 Å². The topological polar surface area (TPSA) is 47.3 Å². The van der Waals surface area contributed by atoms with Crippen LogP contribution in [0.2, 0.25) is 0 Å². The fraction of sp³-hybridized carbons (Fsp3) is 0. The van der Waals surface area contributed by atoms with Gasteiger partial charge < -0.3 is 0 Å². The van der Waals surface area contributed by atoms with Crippen LogP contribution < -0.4 is 4.90 Å². The highest BCUT2D eigenvalue weighted by molar-refractivity contribution is 5.46. The number of carbonyl (C=O) groups is 1. The summed E-state index contributed by atoms with van der Waals surface area (Å²) in [7, 11) is 0. The molecule has 0 spiro atoms. The Bertz CT molecular complexity index is 391. The molecule has 0 aliphatic carbocycles. The Balaban J connectivity index is 2.38. The molecular weight excluding hydrogens is 190 g/mol. The first-order chi connectivity index (χ1) is 7.42. The van der Waals surface area contributed by atoms with Gasteiger partial charge in [0.05, 0.1) is 0 Å². The molecule has 2 rings (SSSR count). The van der Waals surface area contributed by atoms with Gasteiger partial charge in [-0.05, 0) is 12.1 Å². The molecule has 0 atom stereocenters. The summed E-state index contributed by atoms with van der Waals surface area (Å²) < 4.78 is 0. The molecule has 0 unspecified atom stereocenters. The van der Waals surface area contributed by atoms with Crippen molar-refractivity contribution >= 4 is 18.0 Å². The summed E-state index contributed by atoms with van der Waals surface area (Å²) >= 11 is 0. The van der Waals surface area contributed by atoms with Crippen LogP contribution in [0.25, 0.3) is 0 Å². The second-order valence-corrected chi connectivity index (χ2v) is 2.96. The normalized spacial score (nSPS) is 10.2. The SMILES string of the molecule is O=C[NH+](c1ccccn1)c1ccccn1. The van der Waals surface area contributed by atoms with Gasteiger partial charge in [-0.1, -0.05) is 12.1 Å². The highest BCUT2D eigenvalue weighted by Crippen LogP contribution is 1.99. The molecule has 0 aliphatic rings. The van der Waals surface area contributed by atoms with E-state index in [9.17, 15) is 4.79 Å². The smallest absolute Gasteiger partial charge is 0.233 e. The van der Waals surface area contributed by atoms with Gasteiger partial charge >= 0.3 is 6.41 Å². The highest BCUT2D eigenvalue weighted by atomic mass is 16.1. The van der Waals surface area contributed by atoms with Crippen LogP contribution in [0, 0.1) is 0 Å². The number of quaternary nitrogens is 1. The maximum absolute atomic E-state index is 11.0. The van der Waals surface area contributed by atoms with Gasteiger partial charge in [-0.3, -0.25) is 0 Å². The van der Waals surface area contributed by atoms with Crippen molar-refractivity contribution in [3.63, 3.8) is 0 Å². The van der Waals surface area contributed by atoms with E-state index in [0.29, 0.717) is 16.5 Å². The number of amides is 1. The monoisotopic (exact) mass is 200 g/mol. The van der Waals surface area contributed by atoms with E-state index < -0.39 is 0 Å². The van der Waals surface area contributed by atoms with Gasteiger partial charge in [0, 0.05) is 24.5 Å². The Morgan fingerprint density at radius 2 is 1.47 bits per heavy atom. The van der Waals surface area contributed by atoms with Crippen LogP contribution in [0.5, 0.6) is 0 Å². The summed E-state index contributed by atoms with van der Waals surface area (Å²) in [5.41, 5.74) is 0. The van der Waals surface area contributed by atoms with Gasteiger partial charge in [0.25, 0.3) is 0 Å². The molecule has 0 saturated heterocycles. The first-order valence-electron chi connectivity index (χ1n) is 4.57. The third kappa shape index (κ3) is 2.05. The minimum atomic E-state index is 0.510. The molecule has 0 bridgehead atoms. The summed E-state index contributed by atoms with van der Waals surface area (Å²) in [6.07, 6.45) is 4.09. The lowest BCUT2D eigenvalue weighted by Crippen LogP contribution is -3.01. The molecule has 74 valence electrons. The van der Waals surface area contributed by atoms with E-state index in [0.717, 1.165) is 6.41 Å². The molecule has 0 aromatic carbocycles. The molecule has 0 fully saturated rings. The van der Waals surface area contributed by atoms with Gasteiger partial charge in [-0.25, -0.2) is 14.8 Å². The predicted molar refractivity (Wildman–Crippen MR) is 54.8 cm³/mol. The zero-order valence-corrected chi connectivity index (χ0v) is 8.00. The van der Waals surface area contributed by atoms with E-state index in [1.165, 1.54) is 0 Å². The van der Waals surface area contributed by atoms with Crippen molar-refractivity contribution < 1.29 is 9.69 Å². The fourth-order valence-corrected chi connectivity index (χ4v) is 1.30. The van der Waals surface area contributed by atoms with E-state index in [-0.39, 0.29) is 0 Å². The van der Waals surface area contributed by atoms with Crippen LogP contribution in [0.4, 0.5) is 11.6 Å². The Morgan fingerprint density at radius 3 is 1.80 bits per heavy atom. The van der Waals surface area contributed by atoms with Crippen molar-refractivity contribution in [3.8, 4) is 0 Å². The summed E-state index contributed by atoms with van der Waals surface area (Å²) in [5.74, 6) is 1.29. The lowest BCUT2D eigenvalue weighted by Gasteiger charge is -2.07. The van der Waals surface area contributed by atoms with Crippen LogP contribution in [0.3, 0.4) is 0 Å². The van der Waals surface area contributed by atoms with Crippen LogP contribution >= 0.6 is 0 Å². The number of rotatable bonds is 3. The van der Waals surface area contributed by atoms with Crippen molar-refractivity contribution in [1.29, 1.82) is 0 Å². The van der Waals surface area contributed by atoms with E-state index in [1.807, 2.05) is 24.3 Å². The maximum atomic E-state index is 11.0. The fourth-order valence-electron chi connectivity index (χ4n) is 1.30. The summed E-state index contributed by atoms with van der Waals surface area (Å²) in [6, 6.07) is 10.9. The molecule has 4 heteroatoms. The third-order valence-corrected chi connectivity index (χ3v) is 2.00. The van der Waals surface area contributed by atoms with Crippen molar-refractivity contribution in [3.05, 3.63) is 48.8 Å². The summed E-state index contributed by atoms with van der Waals surface area (Å²) in [5, 5.41) is 0. The van der Waals surface area contributed by atoms with Gasteiger partial charge in [0.1, 0.15) is 0 Å². The first kappa shape index (κ1) is 9.48. The van der Waals surface area contributed by atoms with E-state index in [1.54, 1.807) is 24.5 Å². The molecular formula is C11H10N3O+. The first-order valence-corrected chi connectivity index (χ1v) is 4.57. The van der Waals surface area contributed by atoms with Gasteiger partial charge in [-0.15, -0.1) is 0 Å². The lowest BCUT2D eigenvalue weighted by molar-refractivity contribution is -0.666. The van der Waals surface area contributed by atoms with Crippen molar-refractivity contribution in [2.45, 2.75) is 0 Å². The highest BCUT2D eigenvalue weighted by Gasteiger charge is 2.15. The van der Waals surface area contributed by atoms with E-state index >= 15 is 0 Å². The second-order valence-electron chi connectivity index (χ2n) is 2.96. The van der Waals surface area contributed by atoms with Gasteiger partial charge in [0.15, 0.2) is 0 Å². The molecule has 2 aromatic heterocycles. The Hall–Kier alpha value is -2.07. The van der Waals surface area contributed by atoms with Crippen molar-refractivity contribution in [2.75, 3.05) is 0 Å². The van der Waals surface area contributed by atoms with E-state index in [2.05, 4.69) is 9.97 Å². The van der Waals surface area contributed by atoms with Gasteiger partial charge in [0.2, 0.25) is 11.6 Å². The number of hydrogen-bond acceptors (Lipinski definition) is 3. The number of nitrogens with zero attached hydrogens (tertiary/aromatic N) is 2. The number of hydrogen-bond donors (Lipinski definition) is 1. The second kappa shape index (κ2) is 4.43. The molecule has 4 nitrogen and oxygen atoms in total. The minimum absolute atomic E-state index is 0.510. The minimum Gasteiger partial charge on any atom is -0.233 e. The standard InChI is InChI=1S/C11H9N3O/c15-9-14(10-5-1-3-7-12-10)11-6-2-4-8-13-11/h1-9H/p+1. The average Bonchev–Trinajstić information content (AvgIpc) is 2.33. The van der Waals surface area contributed by atoms with Gasteiger partial charge in [-0.2, -0.15) is 4.90 Å².